The van der Waals surface area contributed by atoms with Crippen molar-refractivity contribution in [1.29, 1.82) is 0 Å². The van der Waals surface area contributed by atoms with E-state index < -0.39 is 0 Å². The molecule has 3 aromatic heterocycles. The number of nitrogens with one attached hydrogen (secondary N) is 3. The largest absolute Gasteiger partial charge is 0.497 e. The van der Waals surface area contributed by atoms with Gasteiger partial charge >= 0.3 is 0 Å². The predicted octanol–water partition coefficient (Wildman–Crippen LogP) is 1.25. The van der Waals surface area contributed by atoms with Gasteiger partial charge in [0.15, 0.2) is 0 Å². The molecule has 0 aliphatic heterocycles. The molecule has 0 amide bonds. The Balaban J connectivity index is 1.87. The van der Waals surface area contributed by atoms with Crippen LogP contribution in [-0.2, 0) is 0 Å². The van der Waals surface area contributed by atoms with Gasteiger partial charge in [-0.1, -0.05) is 12.1 Å². The van der Waals surface area contributed by atoms with Crippen LogP contribution in [0.4, 0.5) is 0 Å². The van der Waals surface area contributed by atoms with Gasteiger partial charge in [0, 0.05) is 23.3 Å². The number of hydrogen-bond acceptors (Lipinski definition) is 3. The van der Waals surface area contributed by atoms with Gasteiger partial charge in [0.05, 0.1) is 17.7 Å². The van der Waals surface area contributed by atoms with Gasteiger partial charge in [-0.2, -0.15) is 0 Å². The summed E-state index contributed by atoms with van der Waals surface area (Å²) in [7, 11) is 1.63. The molecule has 124 valence electrons. The molecule has 0 bridgehead atoms. The van der Waals surface area contributed by atoms with Crippen LogP contribution in [-0.4, -0.2) is 27.3 Å². The minimum Gasteiger partial charge on any atom is -0.497 e. The van der Waals surface area contributed by atoms with Crippen molar-refractivity contribution < 1.29 is 4.74 Å². The van der Waals surface area contributed by atoms with E-state index in [4.69, 9.17) is 4.74 Å². The summed E-state index contributed by atoms with van der Waals surface area (Å²) in [6.07, 6.45) is 7.34. The molecule has 0 saturated heterocycles. The van der Waals surface area contributed by atoms with E-state index in [9.17, 15) is 4.79 Å². The Morgan fingerprint density at radius 3 is 2.72 bits per heavy atom. The van der Waals surface area contributed by atoms with Crippen LogP contribution < -0.4 is 20.9 Å². The van der Waals surface area contributed by atoms with Gasteiger partial charge in [-0.15, -0.1) is 0 Å². The lowest BCUT2D eigenvalue weighted by atomic mass is 10.1. The summed E-state index contributed by atoms with van der Waals surface area (Å²) in [5.74, 6) is 0.790. The third-order valence-electron chi connectivity index (χ3n) is 4.06. The number of hydrogen-bond donors (Lipinski definition) is 3. The number of aromatic nitrogens is 4. The lowest BCUT2D eigenvalue weighted by Gasteiger charge is -1.98. The third kappa shape index (κ3) is 2.85. The molecule has 3 heterocycles. The highest BCUT2D eigenvalue weighted by molar-refractivity contribution is 5.85. The Morgan fingerprint density at radius 2 is 1.92 bits per heavy atom. The van der Waals surface area contributed by atoms with E-state index in [0.29, 0.717) is 10.6 Å². The van der Waals surface area contributed by atoms with E-state index in [2.05, 4.69) is 20.2 Å². The van der Waals surface area contributed by atoms with Gasteiger partial charge in [-0.05, 0) is 42.0 Å². The Bertz CT molecular complexity index is 1200. The van der Waals surface area contributed by atoms with Crippen molar-refractivity contribution >= 4 is 23.2 Å². The monoisotopic (exact) mass is 332 g/mol. The van der Waals surface area contributed by atoms with Crippen LogP contribution in [0.5, 0.6) is 5.75 Å². The second-order valence-electron chi connectivity index (χ2n) is 5.61. The fourth-order valence-corrected chi connectivity index (χ4v) is 2.76. The van der Waals surface area contributed by atoms with Crippen molar-refractivity contribution in [3.8, 4) is 5.75 Å². The first-order valence-corrected chi connectivity index (χ1v) is 7.81. The van der Waals surface area contributed by atoms with Crippen molar-refractivity contribution in [1.82, 2.24) is 20.2 Å². The van der Waals surface area contributed by atoms with E-state index in [-0.39, 0.29) is 5.56 Å². The molecule has 0 aliphatic carbocycles. The van der Waals surface area contributed by atoms with Crippen molar-refractivity contribution in [2.24, 2.45) is 0 Å². The number of rotatable bonds is 3. The van der Waals surface area contributed by atoms with Gasteiger partial charge in [-0.3, -0.25) is 15.0 Å². The zero-order chi connectivity index (χ0) is 17.2. The van der Waals surface area contributed by atoms with Crippen LogP contribution in [0.15, 0.2) is 53.6 Å². The van der Waals surface area contributed by atoms with Crippen molar-refractivity contribution in [2.45, 2.75) is 0 Å². The summed E-state index contributed by atoms with van der Waals surface area (Å²) < 4.78 is 5.16. The molecule has 0 aliphatic rings. The molecule has 4 aromatic rings. The molecule has 25 heavy (non-hydrogen) atoms. The van der Waals surface area contributed by atoms with Gasteiger partial charge < -0.3 is 9.72 Å². The van der Waals surface area contributed by atoms with E-state index in [1.165, 1.54) is 0 Å². The lowest BCUT2D eigenvalue weighted by Crippen LogP contribution is -2.33. The van der Waals surface area contributed by atoms with Crippen LogP contribution in [0.3, 0.4) is 0 Å². The molecule has 3 N–H and O–H groups in total. The zero-order valence-corrected chi connectivity index (χ0v) is 13.5. The summed E-state index contributed by atoms with van der Waals surface area (Å²) in [4.78, 5) is 19.6. The molecule has 0 unspecified atom stereocenters. The van der Waals surface area contributed by atoms with Crippen molar-refractivity contribution in [3.05, 3.63) is 80.8 Å². The minimum atomic E-state index is -0.169. The van der Waals surface area contributed by atoms with Gasteiger partial charge in [0.2, 0.25) is 0 Å². The normalized spacial score (nSPS) is 12.8. The van der Waals surface area contributed by atoms with Crippen LogP contribution in [0.25, 0.3) is 23.2 Å². The number of methoxy groups -OCH3 is 1. The van der Waals surface area contributed by atoms with Crippen LogP contribution in [0, 0.1) is 0 Å². The second-order valence-corrected chi connectivity index (χ2v) is 5.61. The van der Waals surface area contributed by atoms with Crippen molar-refractivity contribution in [2.75, 3.05) is 7.11 Å². The number of ether oxygens (including phenoxy) is 1. The molecule has 0 spiro atoms. The zero-order valence-electron chi connectivity index (χ0n) is 13.5. The van der Waals surface area contributed by atoms with Crippen LogP contribution in [0.2, 0.25) is 0 Å². The second kappa shape index (κ2) is 6.16. The highest BCUT2D eigenvalue weighted by Crippen LogP contribution is 2.15. The van der Waals surface area contributed by atoms with E-state index >= 15 is 0 Å². The highest BCUT2D eigenvalue weighted by Gasteiger charge is 2.03. The number of nitrogens with zero attached hydrogens (tertiary/aromatic N) is 1. The first kappa shape index (κ1) is 15.0. The standard InChI is InChI=1S/C19H16N4O2/c1-25-14-6-4-12(5-7-14)9-17-16(19(24)23-22-17)10-13-11-21-18-15(13)3-2-8-20-18/h2-11,22H,1H3,(H,20,21)(H,23,24). The van der Waals surface area contributed by atoms with E-state index in [0.717, 1.165) is 27.9 Å². The molecular weight excluding hydrogens is 316 g/mol. The SMILES string of the molecule is COc1ccc(C=c2[nH][nH]c(=O)c2=Cc2c[nH]c3ncccc23)cc1. The van der Waals surface area contributed by atoms with Gasteiger partial charge in [0.1, 0.15) is 11.4 Å². The third-order valence-corrected chi connectivity index (χ3v) is 4.06. The summed E-state index contributed by atoms with van der Waals surface area (Å²) in [5, 5.41) is 7.83. The van der Waals surface area contributed by atoms with E-state index in [1.54, 1.807) is 13.3 Å². The summed E-state index contributed by atoms with van der Waals surface area (Å²) in [5.41, 5.74) is 2.50. The van der Waals surface area contributed by atoms with Gasteiger partial charge in [-0.25, -0.2) is 4.98 Å². The summed E-state index contributed by atoms with van der Waals surface area (Å²) >= 11 is 0. The molecular formula is C19H16N4O2. The maximum Gasteiger partial charge on any atom is 0.271 e. The topological polar surface area (TPSA) is 86.6 Å². The average Bonchev–Trinajstić information content (AvgIpc) is 3.21. The van der Waals surface area contributed by atoms with E-state index in [1.807, 2.05) is 54.7 Å². The molecule has 0 atom stereocenters. The fourth-order valence-electron chi connectivity index (χ4n) is 2.76. The molecule has 0 fully saturated rings. The molecule has 0 radical (unpaired) electrons. The quantitative estimate of drug-likeness (QED) is 0.528. The molecule has 1 aromatic carbocycles. The maximum atomic E-state index is 12.2. The molecule has 4 rings (SSSR count). The predicted molar refractivity (Wildman–Crippen MR) is 96.9 cm³/mol. The summed E-state index contributed by atoms with van der Waals surface area (Å²) in [6, 6.07) is 11.5. The number of pyridine rings is 1. The summed E-state index contributed by atoms with van der Waals surface area (Å²) in [6.45, 7) is 0. The Labute approximate surface area is 142 Å². The molecule has 0 saturated carbocycles. The fraction of sp³-hybridized carbons (Fsp3) is 0.0526. The first-order valence-electron chi connectivity index (χ1n) is 7.81. The smallest absolute Gasteiger partial charge is 0.271 e. The minimum absolute atomic E-state index is 0.169. The number of fused-ring (bicyclic) bond motifs is 1. The van der Waals surface area contributed by atoms with Crippen LogP contribution in [0.1, 0.15) is 11.1 Å². The number of H-pyrrole nitrogens is 3. The number of aromatic amines is 3. The number of benzene rings is 1. The Kier molecular flexibility index (Phi) is 3.70. The maximum absolute atomic E-state index is 12.2. The lowest BCUT2D eigenvalue weighted by molar-refractivity contribution is 0.415. The van der Waals surface area contributed by atoms with Crippen LogP contribution >= 0.6 is 0 Å². The molecule has 6 heteroatoms. The van der Waals surface area contributed by atoms with Crippen molar-refractivity contribution in [3.63, 3.8) is 0 Å². The molecule has 6 nitrogen and oxygen atoms in total. The van der Waals surface area contributed by atoms with Gasteiger partial charge in [0.25, 0.3) is 5.56 Å². The highest BCUT2D eigenvalue weighted by atomic mass is 16.5. The Hall–Kier alpha value is -3.54. The Morgan fingerprint density at radius 1 is 1.08 bits per heavy atom. The first-order chi connectivity index (χ1) is 12.2. The average molecular weight is 332 g/mol.